The van der Waals surface area contributed by atoms with Crippen LogP contribution in [-0.2, 0) is 9.59 Å². The van der Waals surface area contributed by atoms with Crippen molar-refractivity contribution in [2.75, 3.05) is 32.1 Å². The van der Waals surface area contributed by atoms with Crippen LogP contribution in [0.5, 0.6) is 11.5 Å². The van der Waals surface area contributed by atoms with Gasteiger partial charge in [0.1, 0.15) is 11.5 Å². The molecule has 0 unspecified atom stereocenters. The van der Waals surface area contributed by atoms with Crippen LogP contribution in [0.15, 0.2) is 84.0 Å². The maximum atomic E-state index is 13.8. The zero-order valence-electron chi connectivity index (χ0n) is 20.3. The van der Waals surface area contributed by atoms with E-state index in [0.717, 1.165) is 28.3 Å². The molecule has 0 saturated carbocycles. The standard InChI is InChI=1S/C28H28N4O4/c1-29-28(34)26-17-31(23-10-6-7-11-25(23)36-26)18-27(33)32-24(20-12-14-21(35-2)15-13-20)16-22(30-32)19-8-4-3-5-9-19/h3-15,24,26H,16-18H2,1-2H3,(H,29,34)/t24-,26-/m1/s1. The molecular weight excluding hydrogens is 456 g/mol. The Kier molecular flexibility index (Phi) is 6.58. The highest BCUT2D eigenvalue weighted by atomic mass is 16.5. The number of hydrogen-bond donors (Lipinski definition) is 1. The summed E-state index contributed by atoms with van der Waals surface area (Å²) in [5, 5.41) is 9.00. The molecule has 184 valence electrons. The second-order valence-electron chi connectivity index (χ2n) is 8.71. The van der Waals surface area contributed by atoms with Gasteiger partial charge >= 0.3 is 0 Å². The fourth-order valence-corrected chi connectivity index (χ4v) is 4.62. The molecule has 8 heteroatoms. The highest BCUT2D eigenvalue weighted by Gasteiger charge is 2.36. The molecule has 3 aromatic carbocycles. The fourth-order valence-electron chi connectivity index (χ4n) is 4.62. The molecule has 2 heterocycles. The second-order valence-corrected chi connectivity index (χ2v) is 8.71. The Morgan fingerprint density at radius 2 is 1.75 bits per heavy atom. The molecule has 0 spiro atoms. The fraction of sp³-hybridized carbons (Fsp3) is 0.250. The number of nitrogens with zero attached hydrogens (tertiary/aromatic N) is 3. The molecule has 0 saturated heterocycles. The van der Waals surface area contributed by atoms with Crippen molar-refractivity contribution in [3.63, 3.8) is 0 Å². The van der Waals surface area contributed by atoms with Crippen LogP contribution in [0.3, 0.4) is 0 Å². The minimum Gasteiger partial charge on any atom is -0.497 e. The molecule has 0 aromatic heterocycles. The number of hydrazone groups is 1. The Bertz CT molecular complexity index is 1280. The molecule has 8 nitrogen and oxygen atoms in total. The number of methoxy groups -OCH3 is 1. The summed E-state index contributed by atoms with van der Waals surface area (Å²) in [5.41, 5.74) is 3.60. The molecule has 0 fully saturated rings. The van der Waals surface area contributed by atoms with E-state index in [1.54, 1.807) is 19.2 Å². The van der Waals surface area contributed by atoms with Crippen molar-refractivity contribution in [2.45, 2.75) is 18.6 Å². The van der Waals surface area contributed by atoms with Gasteiger partial charge in [-0.1, -0.05) is 54.6 Å². The third-order valence-corrected chi connectivity index (χ3v) is 6.50. The number of ether oxygens (including phenoxy) is 2. The number of anilines is 1. The average Bonchev–Trinajstić information content (AvgIpc) is 3.39. The van der Waals surface area contributed by atoms with Crippen LogP contribution < -0.4 is 19.7 Å². The van der Waals surface area contributed by atoms with Gasteiger partial charge in [-0.25, -0.2) is 5.01 Å². The number of likely N-dealkylation sites (N-methyl/N-ethyl adjacent to an activating group) is 1. The Balaban J connectivity index is 1.44. The Labute approximate surface area is 210 Å². The highest BCUT2D eigenvalue weighted by Crippen LogP contribution is 2.36. The molecule has 3 aromatic rings. The molecular formula is C28H28N4O4. The quantitative estimate of drug-likeness (QED) is 0.580. The first-order chi connectivity index (χ1) is 17.6. The lowest BCUT2D eigenvalue weighted by Gasteiger charge is -2.36. The summed E-state index contributed by atoms with van der Waals surface area (Å²) in [6.45, 7) is 0.324. The van der Waals surface area contributed by atoms with Crippen molar-refractivity contribution < 1.29 is 19.1 Å². The summed E-state index contributed by atoms with van der Waals surface area (Å²) in [4.78, 5) is 28.0. The molecule has 2 amide bonds. The van der Waals surface area contributed by atoms with Gasteiger partial charge in [0.15, 0.2) is 6.10 Å². The number of hydrogen-bond acceptors (Lipinski definition) is 6. The number of nitrogens with one attached hydrogen (secondary N) is 1. The van der Waals surface area contributed by atoms with Crippen molar-refractivity contribution in [3.8, 4) is 11.5 Å². The summed E-state index contributed by atoms with van der Waals surface area (Å²) in [5.74, 6) is 0.938. The van der Waals surface area contributed by atoms with Gasteiger partial charge in [-0.2, -0.15) is 5.10 Å². The molecule has 5 rings (SSSR count). The van der Waals surface area contributed by atoms with E-state index in [1.807, 2.05) is 83.8 Å². The lowest BCUT2D eigenvalue weighted by Crippen LogP contribution is -2.50. The van der Waals surface area contributed by atoms with Gasteiger partial charge in [-0.3, -0.25) is 9.59 Å². The summed E-state index contributed by atoms with van der Waals surface area (Å²) in [7, 11) is 3.20. The largest absolute Gasteiger partial charge is 0.497 e. The smallest absolute Gasteiger partial charge is 0.262 e. The number of para-hydroxylation sites is 2. The van der Waals surface area contributed by atoms with Crippen molar-refractivity contribution in [3.05, 3.63) is 90.0 Å². The van der Waals surface area contributed by atoms with Crippen LogP contribution in [0.2, 0.25) is 0 Å². The second kappa shape index (κ2) is 10.1. The predicted molar refractivity (Wildman–Crippen MR) is 137 cm³/mol. The van der Waals surface area contributed by atoms with Crippen LogP contribution in [-0.4, -0.2) is 55.9 Å². The Morgan fingerprint density at radius 3 is 2.47 bits per heavy atom. The SMILES string of the molecule is CNC(=O)[C@H]1CN(CC(=O)N2N=C(c3ccccc3)C[C@@H]2c2ccc(OC)cc2)c2ccccc2O1. The molecule has 2 aliphatic rings. The minimum absolute atomic E-state index is 0.0616. The molecule has 36 heavy (non-hydrogen) atoms. The van der Waals surface area contributed by atoms with Crippen LogP contribution in [0, 0.1) is 0 Å². The average molecular weight is 485 g/mol. The van der Waals surface area contributed by atoms with Crippen molar-refractivity contribution in [2.24, 2.45) is 5.10 Å². The van der Waals surface area contributed by atoms with E-state index in [1.165, 1.54) is 0 Å². The van der Waals surface area contributed by atoms with Gasteiger partial charge in [-0.15, -0.1) is 0 Å². The summed E-state index contributed by atoms with van der Waals surface area (Å²) in [6, 6.07) is 24.8. The number of benzene rings is 3. The van der Waals surface area contributed by atoms with E-state index in [9.17, 15) is 9.59 Å². The minimum atomic E-state index is -0.711. The lowest BCUT2D eigenvalue weighted by atomic mass is 9.98. The van der Waals surface area contributed by atoms with Crippen LogP contribution in [0.1, 0.15) is 23.6 Å². The predicted octanol–water partition coefficient (Wildman–Crippen LogP) is 3.39. The first-order valence-electron chi connectivity index (χ1n) is 11.9. The van der Waals surface area contributed by atoms with Gasteiger partial charge in [0.05, 0.1) is 37.6 Å². The number of fused-ring (bicyclic) bond motifs is 1. The summed E-state index contributed by atoms with van der Waals surface area (Å²) >= 11 is 0. The molecule has 0 bridgehead atoms. The normalized spacial score (nSPS) is 18.7. The molecule has 1 N–H and O–H groups in total. The maximum Gasteiger partial charge on any atom is 0.262 e. The number of carbonyl (C=O) groups is 2. The zero-order chi connectivity index (χ0) is 25.1. The summed E-state index contributed by atoms with van der Waals surface area (Å²) < 4.78 is 11.2. The van der Waals surface area contributed by atoms with Gasteiger partial charge in [0, 0.05) is 13.5 Å². The van der Waals surface area contributed by atoms with Crippen molar-refractivity contribution >= 4 is 23.2 Å². The van der Waals surface area contributed by atoms with Crippen LogP contribution in [0.25, 0.3) is 0 Å². The lowest BCUT2D eigenvalue weighted by molar-refractivity contribution is -0.132. The first-order valence-corrected chi connectivity index (χ1v) is 11.9. The van der Waals surface area contributed by atoms with Crippen molar-refractivity contribution in [1.82, 2.24) is 10.3 Å². The Hall–Kier alpha value is -4.33. The molecule has 0 aliphatic carbocycles. The van der Waals surface area contributed by atoms with Gasteiger partial charge in [0.25, 0.3) is 11.8 Å². The van der Waals surface area contributed by atoms with Crippen molar-refractivity contribution in [1.29, 1.82) is 0 Å². The van der Waals surface area contributed by atoms with E-state index in [-0.39, 0.29) is 30.9 Å². The summed E-state index contributed by atoms with van der Waals surface area (Å²) in [6.07, 6.45) is -0.111. The third-order valence-electron chi connectivity index (χ3n) is 6.50. The Morgan fingerprint density at radius 1 is 1.03 bits per heavy atom. The van der Waals surface area contributed by atoms with Crippen LogP contribution in [0.4, 0.5) is 5.69 Å². The number of rotatable bonds is 6. The molecule has 0 radical (unpaired) electrons. The van der Waals surface area contributed by atoms with Gasteiger partial charge in [0.2, 0.25) is 0 Å². The zero-order valence-corrected chi connectivity index (χ0v) is 20.3. The first kappa shape index (κ1) is 23.4. The molecule has 2 aliphatic heterocycles. The topological polar surface area (TPSA) is 83.5 Å². The van der Waals surface area contributed by atoms with E-state index < -0.39 is 6.10 Å². The van der Waals surface area contributed by atoms with Crippen LogP contribution >= 0.6 is 0 Å². The maximum absolute atomic E-state index is 13.8. The van der Waals surface area contributed by atoms with Gasteiger partial charge < -0.3 is 19.7 Å². The number of amides is 2. The van der Waals surface area contributed by atoms with E-state index >= 15 is 0 Å². The van der Waals surface area contributed by atoms with E-state index in [2.05, 4.69) is 5.32 Å². The van der Waals surface area contributed by atoms with E-state index in [4.69, 9.17) is 14.6 Å². The van der Waals surface area contributed by atoms with Gasteiger partial charge in [-0.05, 0) is 35.4 Å². The highest BCUT2D eigenvalue weighted by molar-refractivity contribution is 6.03. The third kappa shape index (κ3) is 4.62. The monoisotopic (exact) mass is 484 g/mol. The number of carbonyl (C=O) groups excluding carboxylic acids is 2. The molecule has 2 atom stereocenters. The van der Waals surface area contributed by atoms with E-state index in [0.29, 0.717) is 12.2 Å².